The van der Waals surface area contributed by atoms with Gasteiger partial charge in [0.25, 0.3) is 5.91 Å². The summed E-state index contributed by atoms with van der Waals surface area (Å²) in [6.07, 6.45) is 0. The Labute approximate surface area is 150 Å². The van der Waals surface area contributed by atoms with Crippen LogP contribution in [0, 0.1) is 0 Å². The second-order valence-electron chi connectivity index (χ2n) is 7.85. The molecular formula is C18H27NO5S. The molecule has 0 aliphatic carbocycles. The predicted molar refractivity (Wildman–Crippen MR) is 96.2 cm³/mol. The molecule has 140 valence electrons. The van der Waals surface area contributed by atoms with Gasteiger partial charge < -0.3 is 9.64 Å². The molecule has 1 amide bonds. The summed E-state index contributed by atoms with van der Waals surface area (Å²) >= 11 is 0. The van der Waals surface area contributed by atoms with Gasteiger partial charge in [0.2, 0.25) is 0 Å². The number of amides is 1. The van der Waals surface area contributed by atoms with Crippen LogP contribution in [0.3, 0.4) is 0 Å². The number of carbonyl (C=O) groups excluding carboxylic acids is 2. The third kappa shape index (κ3) is 5.29. The summed E-state index contributed by atoms with van der Waals surface area (Å²) in [5.74, 6) is -1.87. The SMILES string of the molecule is COC(=O)CS(=O)(=O)c1cccc(C(=O)N(C(C)(C)C)C(C)(C)C)c1. The summed E-state index contributed by atoms with van der Waals surface area (Å²) in [4.78, 5) is 26.0. The molecule has 0 aliphatic heterocycles. The molecule has 0 radical (unpaired) electrons. The van der Waals surface area contributed by atoms with Gasteiger partial charge in [0, 0.05) is 16.6 Å². The van der Waals surface area contributed by atoms with E-state index in [0.717, 1.165) is 7.11 Å². The molecule has 7 heteroatoms. The highest BCUT2D eigenvalue weighted by molar-refractivity contribution is 7.92. The Morgan fingerprint density at radius 2 is 1.56 bits per heavy atom. The van der Waals surface area contributed by atoms with E-state index in [1.54, 1.807) is 11.0 Å². The Bertz CT molecular complexity index is 740. The number of ether oxygens (including phenoxy) is 1. The fraction of sp³-hybridized carbons (Fsp3) is 0.556. The first kappa shape index (κ1) is 21.2. The van der Waals surface area contributed by atoms with E-state index in [4.69, 9.17) is 0 Å². The zero-order chi connectivity index (χ0) is 19.6. The summed E-state index contributed by atoms with van der Waals surface area (Å²) in [6.45, 7) is 11.5. The van der Waals surface area contributed by atoms with Gasteiger partial charge in [-0.1, -0.05) is 6.07 Å². The molecule has 1 rings (SSSR count). The van der Waals surface area contributed by atoms with Crippen LogP contribution < -0.4 is 0 Å². The molecule has 1 aromatic rings. The average molecular weight is 369 g/mol. The van der Waals surface area contributed by atoms with Gasteiger partial charge in [-0.15, -0.1) is 0 Å². The van der Waals surface area contributed by atoms with Crippen molar-refractivity contribution in [2.45, 2.75) is 57.5 Å². The minimum Gasteiger partial charge on any atom is -0.468 e. The lowest BCUT2D eigenvalue weighted by Gasteiger charge is -2.45. The Kier molecular flexibility index (Phi) is 6.05. The minimum absolute atomic E-state index is 0.0773. The van der Waals surface area contributed by atoms with E-state index in [-0.39, 0.29) is 16.4 Å². The van der Waals surface area contributed by atoms with Gasteiger partial charge in [0.1, 0.15) is 0 Å². The highest BCUT2D eigenvalue weighted by Crippen LogP contribution is 2.28. The maximum Gasteiger partial charge on any atom is 0.321 e. The van der Waals surface area contributed by atoms with E-state index >= 15 is 0 Å². The topological polar surface area (TPSA) is 80.8 Å². The molecule has 0 bridgehead atoms. The molecule has 6 nitrogen and oxygen atoms in total. The molecule has 0 fully saturated rings. The molecule has 0 saturated heterocycles. The van der Waals surface area contributed by atoms with Gasteiger partial charge in [-0.05, 0) is 59.7 Å². The second-order valence-corrected chi connectivity index (χ2v) is 9.83. The van der Waals surface area contributed by atoms with Crippen LogP contribution in [0.5, 0.6) is 0 Å². The number of carbonyl (C=O) groups is 2. The molecular weight excluding hydrogens is 342 g/mol. The van der Waals surface area contributed by atoms with Crippen molar-refractivity contribution >= 4 is 21.7 Å². The van der Waals surface area contributed by atoms with Crippen LogP contribution in [0.4, 0.5) is 0 Å². The van der Waals surface area contributed by atoms with Crippen molar-refractivity contribution in [1.82, 2.24) is 4.90 Å². The lowest BCUT2D eigenvalue weighted by atomic mass is 9.94. The van der Waals surface area contributed by atoms with Gasteiger partial charge in [0.05, 0.1) is 12.0 Å². The Balaban J connectivity index is 3.33. The van der Waals surface area contributed by atoms with Crippen molar-refractivity contribution in [1.29, 1.82) is 0 Å². The van der Waals surface area contributed by atoms with Crippen molar-refractivity contribution in [3.05, 3.63) is 29.8 Å². The zero-order valence-corrected chi connectivity index (χ0v) is 16.7. The molecule has 0 saturated carbocycles. The zero-order valence-electron chi connectivity index (χ0n) is 15.9. The monoisotopic (exact) mass is 369 g/mol. The molecule has 0 unspecified atom stereocenters. The van der Waals surface area contributed by atoms with Crippen LogP contribution >= 0.6 is 0 Å². The van der Waals surface area contributed by atoms with Crippen molar-refractivity contribution in [2.75, 3.05) is 12.9 Å². The van der Waals surface area contributed by atoms with Gasteiger partial charge in [0.15, 0.2) is 15.6 Å². The second kappa shape index (κ2) is 7.15. The minimum atomic E-state index is -3.87. The summed E-state index contributed by atoms with van der Waals surface area (Å²) in [7, 11) is -2.74. The highest BCUT2D eigenvalue weighted by Gasteiger charge is 2.36. The van der Waals surface area contributed by atoms with Crippen LogP contribution in [0.1, 0.15) is 51.9 Å². The van der Waals surface area contributed by atoms with Crippen molar-refractivity contribution in [3.63, 3.8) is 0 Å². The van der Waals surface area contributed by atoms with E-state index in [9.17, 15) is 18.0 Å². The summed E-state index contributed by atoms with van der Waals surface area (Å²) < 4.78 is 29.0. The number of benzene rings is 1. The maximum atomic E-state index is 13.0. The molecule has 0 aromatic heterocycles. The largest absolute Gasteiger partial charge is 0.468 e. The van der Waals surface area contributed by atoms with E-state index in [0.29, 0.717) is 0 Å². The lowest BCUT2D eigenvalue weighted by Crippen LogP contribution is -2.55. The fourth-order valence-corrected chi connectivity index (χ4v) is 4.05. The van der Waals surface area contributed by atoms with E-state index in [1.165, 1.54) is 18.2 Å². The van der Waals surface area contributed by atoms with Gasteiger partial charge in [-0.25, -0.2) is 8.42 Å². The molecule has 25 heavy (non-hydrogen) atoms. The standard InChI is InChI=1S/C18H27NO5S/c1-17(2,3)19(18(4,5)6)16(21)13-9-8-10-14(11-13)25(22,23)12-15(20)24-7/h8-11H,12H2,1-7H3. The maximum absolute atomic E-state index is 13.0. The van der Waals surface area contributed by atoms with Crippen LogP contribution in [0.15, 0.2) is 29.2 Å². The number of hydrogen-bond acceptors (Lipinski definition) is 5. The van der Waals surface area contributed by atoms with Crippen molar-refractivity contribution in [3.8, 4) is 0 Å². The average Bonchev–Trinajstić information content (AvgIpc) is 2.43. The Morgan fingerprint density at radius 3 is 2.00 bits per heavy atom. The number of sulfone groups is 1. The highest BCUT2D eigenvalue weighted by atomic mass is 32.2. The summed E-state index contributed by atoms with van der Waals surface area (Å²) in [5, 5.41) is 0. The summed E-state index contributed by atoms with van der Waals surface area (Å²) in [6, 6.07) is 5.75. The van der Waals surface area contributed by atoms with Gasteiger partial charge >= 0.3 is 5.97 Å². The predicted octanol–water partition coefficient (Wildman–Crippen LogP) is 2.67. The first-order chi connectivity index (χ1) is 11.2. The lowest BCUT2D eigenvalue weighted by molar-refractivity contribution is -0.137. The van der Waals surface area contributed by atoms with E-state index in [2.05, 4.69) is 4.74 Å². The fourth-order valence-electron chi connectivity index (χ4n) is 2.86. The molecule has 0 aliphatic rings. The van der Waals surface area contributed by atoms with Crippen LogP contribution in [0.2, 0.25) is 0 Å². The molecule has 1 aromatic carbocycles. The Morgan fingerprint density at radius 1 is 1.04 bits per heavy atom. The normalized spacial score (nSPS) is 12.6. The number of hydrogen-bond donors (Lipinski definition) is 0. The van der Waals surface area contributed by atoms with Crippen LogP contribution in [0.25, 0.3) is 0 Å². The van der Waals surface area contributed by atoms with Crippen molar-refractivity contribution in [2.24, 2.45) is 0 Å². The first-order valence-corrected chi connectivity index (χ1v) is 9.59. The van der Waals surface area contributed by atoms with Crippen LogP contribution in [-0.4, -0.2) is 49.1 Å². The smallest absolute Gasteiger partial charge is 0.321 e. The number of esters is 1. The van der Waals surface area contributed by atoms with E-state index < -0.39 is 32.6 Å². The van der Waals surface area contributed by atoms with E-state index in [1.807, 2.05) is 41.5 Å². The van der Waals surface area contributed by atoms with Gasteiger partial charge in [-0.2, -0.15) is 0 Å². The quantitative estimate of drug-likeness (QED) is 0.762. The number of methoxy groups -OCH3 is 1. The first-order valence-electron chi connectivity index (χ1n) is 7.94. The third-order valence-electron chi connectivity index (χ3n) is 3.52. The molecule has 0 atom stereocenters. The number of rotatable bonds is 4. The summed E-state index contributed by atoms with van der Waals surface area (Å²) in [5.41, 5.74) is -0.636. The van der Waals surface area contributed by atoms with Crippen molar-refractivity contribution < 1.29 is 22.7 Å². The molecule has 0 spiro atoms. The number of nitrogens with zero attached hydrogens (tertiary/aromatic N) is 1. The molecule has 0 N–H and O–H groups in total. The molecule has 0 heterocycles. The Hall–Kier alpha value is -1.89. The third-order valence-corrected chi connectivity index (χ3v) is 5.11. The van der Waals surface area contributed by atoms with Crippen LogP contribution in [-0.2, 0) is 19.4 Å². The van der Waals surface area contributed by atoms with Gasteiger partial charge in [-0.3, -0.25) is 9.59 Å².